The van der Waals surface area contributed by atoms with Gasteiger partial charge in [-0.2, -0.15) is 5.10 Å². The summed E-state index contributed by atoms with van der Waals surface area (Å²) < 4.78 is 1.56. The van der Waals surface area contributed by atoms with E-state index in [0.29, 0.717) is 23.3 Å². The molecule has 0 atom stereocenters. The average molecular weight is 236 g/mol. The maximum atomic E-state index is 12.4. The van der Waals surface area contributed by atoms with Crippen molar-refractivity contribution in [2.24, 2.45) is 13.0 Å². The summed E-state index contributed by atoms with van der Waals surface area (Å²) in [5.74, 6) is 0.479. The van der Waals surface area contributed by atoms with E-state index in [0.717, 1.165) is 19.4 Å². The molecule has 2 rings (SSSR count). The number of amides is 1. The van der Waals surface area contributed by atoms with E-state index in [4.69, 9.17) is 5.73 Å². The third kappa shape index (κ3) is 2.43. The van der Waals surface area contributed by atoms with Crippen molar-refractivity contribution in [3.05, 3.63) is 11.9 Å². The van der Waals surface area contributed by atoms with Gasteiger partial charge in [-0.1, -0.05) is 13.8 Å². The van der Waals surface area contributed by atoms with Gasteiger partial charge in [-0.15, -0.1) is 0 Å². The highest BCUT2D eigenvalue weighted by atomic mass is 16.2. The Hall–Kier alpha value is -1.52. The molecule has 0 unspecified atom stereocenters. The number of nitrogens with zero attached hydrogens (tertiary/aromatic N) is 3. The summed E-state index contributed by atoms with van der Waals surface area (Å²) in [5, 5.41) is 4.02. The molecule has 5 nitrogen and oxygen atoms in total. The molecule has 0 aromatic carbocycles. The minimum Gasteiger partial charge on any atom is -0.396 e. The zero-order valence-electron chi connectivity index (χ0n) is 10.7. The van der Waals surface area contributed by atoms with Crippen LogP contribution in [0.15, 0.2) is 6.20 Å². The van der Waals surface area contributed by atoms with Crippen LogP contribution >= 0.6 is 0 Å². The predicted octanol–water partition coefficient (Wildman–Crippen LogP) is 1.26. The number of rotatable bonds is 4. The molecule has 94 valence electrons. The summed E-state index contributed by atoms with van der Waals surface area (Å²) >= 11 is 0. The Labute approximate surface area is 102 Å². The fraction of sp³-hybridized carbons (Fsp3) is 0.667. The van der Waals surface area contributed by atoms with E-state index in [2.05, 4.69) is 18.9 Å². The van der Waals surface area contributed by atoms with Crippen LogP contribution in [0.25, 0.3) is 0 Å². The highest BCUT2D eigenvalue weighted by Gasteiger charge is 2.35. The van der Waals surface area contributed by atoms with E-state index in [1.54, 1.807) is 11.7 Å². The lowest BCUT2D eigenvalue weighted by Crippen LogP contribution is -2.37. The summed E-state index contributed by atoms with van der Waals surface area (Å²) in [4.78, 5) is 14.4. The minimum atomic E-state index is 0.0127. The summed E-state index contributed by atoms with van der Waals surface area (Å²) in [6.45, 7) is 5.03. The van der Waals surface area contributed by atoms with Gasteiger partial charge < -0.3 is 10.6 Å². The predicted molar refractivity (Wildman–Crippen MR) is 66.5 cm³/mol. The standard InChI is InChI=1S/C12H20N4O/c1-8(2)7-16(9-4-5-9)12(17)11-10(13)6-14-15(11)3/h6,8-9H,4-5,7,13H2,1-3H3. The summed E-state index contributed by atoms with van der Waals surface area (Å²) in [7, 11) is 1.75. The Morgan fingerprint density at radius 2 is 2.29 bits per heavy atom. The first-order chi connectivity index (χ1) is 8.00. The molecule has 1 fully saturated rings. The highest BCUT2D eigenvalue weighted by molar-refractivity contribution is 5.97. The van der Waals surface area contributed by atoms with Crippen molar-refractivity contribution in [2.45, 2.75) is 32.7 Å². The molecule has 1 aromatic rings. The SMILES string of the molecule is CC(C)CN(C(=O)c1c(N)cnn1C)C1CC1. The molecule has 5 heteroatoms. The molecule has 1 amide bonds. The van der Waals surface area contributed by atoms with Gasteiger partial charge in [0.15, 0.2) is 0 Å². The normalized spacial score (nSPS) is 15.3. The number of hydrogen-bond acceptors (Lipinski definition) is 3. The summed E-state index contributed by atoms with van der Waals surface area (Å²) in [6.07, 6.45) is 3.75. The van der Waals surface area contributed by atoms with E-state index in [1.165, 1.54) is 6.20 Å². The van der Waals surface area contributed by atoms with Gasteiger partial charge in [-0.25, -0.2) is 0 Å². The van der Waals surface area contributed by atoms with Crippen molar-refractivity contribution in [2.75, 3.05) is 12.3 Å². The number of aryl methyl sites for hydroxylation is 1. The maximum Gasteiger partial charge on any atom is 0.274 e. The third-order valence-corrected chi connectivity index (χ3v) is 2.98. The quantitative estimate of drug-likeness (QED) is 0.856. The van der Waals surface area contributed by atoms with Crippen molar-refractivity contribution in [1.82, 2.24) is 14.7 Å². The lowest BCUT2D eigenvalue weighted by Gasteiger charge is -2.24. The van der Waals surface area contributed by atoms with E-state index in [9.17, 15) is 4.79 Å². The molecule has 0 bridgehead atoms. The average Bonchev–Trinajstić information content (AvgIpc) is 3.02. The molecule has 1 aliphatic rings. The number of carbonyl (C=O) groups excluding carboxylic acids is 1. The molecule has 1 heterocycles. The minimum absolute atomic E-state index is 0.0127. The van der Waals surface area contributed by atoms with Crippen LogP contribution in [-0.2, 0) is 7.05 Å². The number of aromatic nitrogens is 2. The molecule has 0 spiro atoms. The molecular formula is C12H20N4O. The van der Waals surface area contributed by atoms with Gasteiger partial charge in [0.2, 0.25) is 0 Å². The van der Waals surface area contributed by atoms with E-state index < -0.39 is 0 Å². The van der Waals surface area contributed by atoms with Crippen LogP contribution in [0.3, 0.4) is 0 Å². The van der Waals surface area contributed by atoms with Crippen LogP contribution < -0.4 is 5.73 Å². The van der Waals surface area contributed by atoms with Gasteiger partial charge in [0.25, 0.3) is 5.91 Å². The first kappa shape index (κ1) is 12.0. The second kappa shape index (κ2) is 4.39. The first-order valence-electron chi connectivity index (χ1n) is 6.09. The second-order valence-corrected chi connectivity index (χ2v) is 5.15. The van der Waals surface area contributed by atoms with E-state index >= 15 is 0 Å². The van der Waals surface area contributed by atoms with Crippen molar-refractivity contribution in [3.8, 4) is 0 Å². The molecule has 17 heavy (non-hydrogen) atoms. The zero-order valence-corrected chi connectivity index (χ0v) is 10.7. The number of nitrogens with two attached hydrogens (primary N) is 1. The van der Waals surface area contributed by atoms with Crippen LogP contribution in [0, 0.1) is 5.92 Å². The number of carbonyl (C=O) groups is 1. The lowest BCUT2D eigenvalue weighted by molar-refractivity contribution is 0.0712. The second-order valence-electron chi connectivity index (χ2n) is 5.15. The fourth-order valence-corrected chi connectivity index (χ4v) is 2.03. The number of anilines is 1. The van der Waals surface area contributed by atoms with Gasteiger partial charge in [-0.3, -0.25) is 9.48 Å². The van der Waals surface area contributed by atoms with Gasteiger partial charge in [0.05, 0.1) is 11.9 Å². The van der Waals surface area contributed by atoms with E-state index in [-0.39, 0.29) is 5.91 Å². The van der Waals surface area contributed by atoms with Crippen LogP contribution in [0.5, 0.6) is 0 Å². The van der Waals surface area contributed by atoms with E-state index in [1.807, 2.05) is 4.90 Å². The Balaban J connectivity index is 2.21. The number of hydrogen-bond donors (Lipinski definition) is 1. The maximum absolute atomic E-state index is 12.4. The van der Waals surface area contributed by atoms with Gasteiger partial charge in [0, 0.05) is 19.6 Å². The van der Waals surface area contributed by atoms with Crippen LogP contribution in [-0.4, -0.2) is 33.2 Å². The Morgan fingerprint density at radius 3 is 2.71 bits per heavy atom. The molecule has 1 aromatic heterocycles. The lowest BCUT2D eigenvalue weighted by atomic mass is 10.2. The van der Waals surface area contributed by atoms with Crippen LogP contribution in [0.1, 0.15) is 37.2 Å². The molecular weight excluding hydrogens is 216 g/mol. The highest BCUT2D eigenvalue weighted by Crippen LogP contribution is 2.29. The van der Waals surface area contributed by atoms with Crippen molar-refractivity contribution in [1.29, 1.82) is 0 Å². The summed E-state index contributed by atoms with van der Waals surface area (Å²) in [6, 6.07) is 0.402. The Bertz CT molecular complexity index is 401. The smallest absolute Gasteiger partial charge is 0.274 e. The fourth-order valence-electron chi connectivity index (χ4n) is 2.03. The molecule has 0 saturated heterocycles. The third-order valence-electron chi connectivity index (χ3n) is 2.98. The van der Waals surface area contributed by atoms with Crippen LogP contribution in [0.2, 0.25) is 0 Å². The topological polar surface area (TPSA) is 64.2 Å². The molecule has 1 aliphatic carbocycles. The number of nitrogen functional groups attached to an aromatic ring is 1. The van der Waals surface area contributed by atoms with Crippen molar-refractivity contribution < 1.29 is 4.79 Å². The molecule has 1 saturated carbocycles. The monoisotopic (exact) mass is 236 g/mol. The van der Waals surface area contributed by atoms with Gasteiger partial charge >= 0.3 is 0 Å². The Kier molecular flexibility index (Phi) is 3.09. The largest absolute Gasteiger partial charge is 0.396 e. The first-order valence-corrected chi connectivity index (χ1v) is 6.09. The van der Waals surface area contributed by atoms with Crippen molar-refractivity contribution >= 4 is 11.6 Å². The molecule has 0 radical (unpaired) electrons. The Morgan fingerprint density at radius 1 is 1.65 bits per heavy atom. The van der Waals surface area contributed by atoms with Gasteiger partial charge in [0.1, 0.15) is 5.69 Å². The van der Waals surface area contributed by atoms with Crippen molar-refractivity contribution in [3.63, 3.8) is 0 Å². The molecule has 0 aliphatic heterocycles. The molecule has 2 N–H and O–H groups in total. The van der Waals surface area contributed by atoms with Crippen LogP contribution in [0.4, 0.5) is 5.69 Å². The zero-order chi connectivity index (χ0) is 12.6. The summed E-state index contributed by atoms with van der Waals surface area (Å²) in [5.41, 5.74) is 6.78. The van der Waals surface area contributed by atoms with Gasteiger partial charge in [-0.05, 0) is 18.8 Å².